The van der Waals surface area contributed by atoms with Gasteiger partial charge in [0.15, 0.2) is 73.0 Å². The minimum atomic E-state index is -2.48. The van der Waals surface area contributed by atoms with E-state index in [1.807, 2.05) is 23.7 Å². The molecule has 0 aliphatic carbocycles. The minimum absolute atomic E-state index is 0.0873. The van der Waals surface area contributed by atoms with Gasteiger partial charge in [-0.2, -0.15) is 0 Å². The minimum Gasteiger partial charge on any atom is -0.494 e. The molecule has 10 nitrogen and oxygen atoms in total. The Morgan fingerprint density at radius 2 is 0.625 bits per heavy atom. The zero-order valence-electron chi connectivity index (χ0n) is 38.4. The highest BCUT2D eigenvalue weighted by atomic mass is 19.2. The van der Waals surface area contributed by atoms with Crippen LogP contribution in [0.3, 0.4) is 0 Å². The van der Waals surface area contributed by atoms with E-state index in [0.29, 0.717) is 24.3 Å². The molecule has 0 spiro atoms. The van der Waals surface area contributed by atoms with E-state index in [1.165, 1.54) is 25.7 Å². The third-order valence-electron chi connectivity index (χ3n) is 9.12. The van der Waals surface area contributed by atoms with Gasteiger partial charge in [0.1, 0.15) is 22.6 Å². The van der Waals surface area contributed by atoms with Crippen molar-refractivity contribution < 1.29 is 91.5 Å². The van der Waals surface area contributed by atoms with Gasteiger partial charge in [0.25, 0.3) is 0 Å². The largest absolute Gasteiger partial charge is 0.494 e. The van der Waals surface area contributed by atoms with Crippen LogP contribution in [-0.4, -0.2) is 63.5 Å². The molecule has 0 heterocycles. The topological polar surface area (TPSA) is 124 Å². The number of hydrogen-bond donors (Lipinski definition) is 0. The standard InChI is InChI=1S/C32H38O6.C20H4F10O4/c1-3-5-7-11-23-35-29-19-15-27(16-20-29)31(33)37-25-13-9-10-14-26-38-32(34)28-17-21-30(22-18-28)36-24-12-8-6-4-2;21-9-7(10(22)14(26)17(29)13(9)25)19(31)33-5-3-1-2-4-6-34-20(32)8-11(23)15(27)18(30)16(28)12(8)24/h15-22H,3-8,11-12,23-26H2,1-2H3;5-6H2. The van der Waals surface area contributed by atoms with Gasteiger partial charge in [-0.25, -0.2) is 63.1 Å². The molecule has 0 bridgehead atoms. The molecule has 0 N–H and O–H groups in total. The molecule has 0 saturated heterocycles. The van der Waals surface area contributed by atoms with E-state index in [0.717, 1.165) is 37.2 Å². The number of hydrogen-bond acceptors (Lipinski definition) is 10. The average molecular weight is 1020 g/mol. The van der Waals surface area contributed by atoms with Crippen molar-refractivity contribution in [2.75, 3.05) is 39.6 Å². The van der Waals surface area contributed by atoms with Gasteiger partial charge < -0.3 is 28.4 Å². The van der Waals surface area contributed by atoms with E-state index in [2.05, 4.69) is 47.0 Å². The van der Waals surface area contributed by atoms with Crippen molar-refractivity contribution in [1.29, 1.82) is 0 Å². The SMILES string of the molecule is CCCCCCOc1ccc(C(=O)OCC#CC#CCOC(=O)c2ccc(OCCCCCC)cc2)cc1.O=C(OCC#CC#CCOC(=O)c1c(F)c(F)c(F)c(F)c1F)c1c(F)c(F)c(F)c(F)c1F. The normalized spacial score (nSPS) is 9.94. The number of carbonyl (C=O) groups excluding carboxylic acids is 4. The molecule has 0 amide bonds. The Morgan fingerprint density at radius 3 is 0.903 bits per heavy atom. The van der Waals surface area contributed by atoms with E-state index in [1.54, 1.807) is 48.5 Å². The van der Waals surface area contributed by atoms with Crippen molar-refractivity contribution in [3.05, 3.63) is 129 Å². The van der Waals surface area contributed by atoms with Crippen LogP contribution in [0.4, 0.5) is 43.9 Å². The predicted octanol–water partition coefficient (Wildman–Crippen LogP) is 10.7. The second-order valence-electron chi connectivity index (χ2n) is 14.3. The molecule has 380 valence electrons. The highest BCUT2D eigenvalue weighted by Crippen LogP contribution is 2.25. The van der Waals surface area contributed by atoms with Crippen LogP contribution < -0.4 is 9.47 Å². The molecule has 0 aromatic heterocycles. The zero-order chi connectivity index (χ0) is 53.0. The first-order chi connectivity index (χ1) is 34.5. The number of rotatable bonds is 20. The summed E-state index contributed by atoms with van der Waals surface area (Å²) in [5.41, 5.74) is -2.86. The van der Waals surface area contributed by atoms with Crippen LogP contribution in [0.1, 0.15) is 107 Å². The summed E-state index contributed by atoms with van der Waals surface area (Å²) in [4.78, 5) is 47.3. The molecule has 4 rings (SSSR count). The van der Waals surface area contributed by atoms with Crippen molar-refractivity contribution in [2.45, 2.75) is 65.2 Å². The Labute approximate surface area is 407 Å². The molecule has 0 radical (unpaired) electrons. The summed E-state index contributed by atoms with van der Waals surface area (Å²) >= 11 is 0. The lowest BCUT2D eigenvalue weighted by molar-refractivity contribution is 0.0531. The zero-order valence-corrected chi connectivity index (χ0v) is 38.4. The predicted molar refractivity (Wildman–Crippen MR) is 237 cm³/mol. The first kappa shape index (κ1) is 58.2. The van der Waals surface area contributed by atoms with Crippen molar-refractivity contribution in [2.24, 2.45) is 0 Å². The molecule has 0 aliphatic rings. The summed E-state index contributed by atoms with van der Waals surface area (Å²) in [7, 11) is 0. The van der Waals surface area contributed by atoms with Gasteiger partial charge in [-0.1, -0.05) is 52.4 Å². The maximum absolute atomic E-state index is 13.4. The Balaban J connectivity index is 0.000000383. The van der Waals surface area contributed by atoms with E-state index < -0.39 is 106 Å². The lowest BCUT2D eigenvalue weighted by atomic mass is 10.1. The Morgan fingerprint density at radius 1 is 0.361 bits per heavy atom. The second-order valence-corrected chi connectivity index (χ2v) is 14.3. The molecule has 20 heteroatoms. The summed E-state index contributed by atoms with van der Waals surface area (Å²) in [5, 5.41) is 0. The third-order valence-corrected chi connectivity index (χ3v) is 9.12. The summed E-state index contributed by atoms with van der Waals surface area (Å²) in [6.07, 6.45) is 9.14. The second kappa shape index (κ2) is 31.2. The smallest absolute Gasteiger partial charge is 0.345 e. The third kappa shape index (κ3) is 18.3. The molecule has 0 saturated carbocycles. The number of esters is 4. The molecule has 0 fully saturated rings. The lowest BCUT2D eigenvalue weighted by Crippen LogP contribution is -2.15. The van der Waals surface area contributed by atoms with Crippen molar-refractivity contribution in [3.63, 3.8) is 0 Å². The first-order valence-corrected chi connectivity index (χ1v) is 21.6. The van der Waals surface area contributed by atoms with Gasteiger partial charge in [-0.3, -0.25) is 0 Å². The Kier molecular flexibility index (Phi) is 25.2. The Bertz CT molecular complexity index is 2540. The van der Waals surface area contributed by atoms with Crippen molar-refractivity contribution in [1.82, 2.24) is 0 Å². The summed E-state index contributed by atoms with van der Waals surface area (Å²) in [6.45, 7) is 3.61. The van der Waals surface area contributed by atoms with Gasteiger partial charge in [0, 0.05) is 0 Å². The molecular weight excluding hydrogens is 975 g/mol. The van der Waals surface area contributed by atoms with Crippen LogP contribution in [0, 0.1) is 106 Å². The summed E-state index contributed by atoms with van der Waals surface area (Å²) in [5.74, 6) is -9.32. The average Bonchev–Trinajstić information content (AvgIpc) is 3.38. The number of unbranched alkanes of at least 4 members (excludes halogenated alkanes) is 6. The molecule has 0 aliphatic heterocycles. The van der Waals surface area contributed by atoms with Crippen LogP contribution in [-0.2, 0) is 18.9 Å². The number of benzene rings is 4. The molecule has 0 unspecified atom stereocenters. The molecule has 4 aromatic carbocycles. The quantitative estimate of drug-likeness (QED) is 0.0161. The van der Waals surface area contributed by atoms with E-state index in [-0.39, 0.29) is 13.2 Å². The number of halogens is 10. The van der Waals surface area contributed by atoms with Gasteiger partial charge in [0.05, 0.1) is 24.3 Å². The molecule has 72 heavy (non-hydrogen) atoms. The van der Waals surface area contributed by atoms with Gasteiger partial charge in [-0.05, 0) is 109 Å². The fourth-order valence-corrected chi connectivity index (χ4v) is 5.42. The van der Waals surface area contributed by atoms with Gasteiger partial charge in [-0.15, -0.1) is 0 Å². The highest BCUT2D eigenvalue weighted by molar-refractivity contribution is 5.91. The highest BCUT2D eigenvalue weighted by Gasteiger charge is 2.32. The van der Waals surface area contributed by atoms with Crippen LogP contribution >= 0.6 is 0 Å². The van der Waals surface area contributed by atoms with Crippen molar-refractivity contribution >= 4 is 23.9 Å². The molecule has 0 atom stereocenters. The molecular formula is C52H42F10O10. The van der Waals surface area contributed by atoms with Gasteiger partial charge in [0.2, 0.25) is 11.6 Å². The monoisotopic (exact) mass is 1020 g/mol. The van der Waals surface area contributed by atoms with Crippen molar-refractivity contribution in [3.8, 4) is 58.9 Å². The molecule has 4 aromatic rings. The van der Waals surface area contributed by atoms with E-state index in [9.17, 15) is 63.1 Å². The van der Waals surface area contributed by atoms with Crippen LogP contribution in [0.2, 0.25) is 0 Å². The fraction of sp³-hybridized carbons (Fsp3) is 0.308. The number of ether oxygens (including phenoxy) is 6. The van der Waals surface area contributed by atoms with Gasteiger partial charge >= 0.3 is 23.9 Å². The van der Waals surface area contributed by atoms with Crippen LogP contribution in [0.15, 0.2) is 48.5 Å². The van der Waals surface area contributed by atoms with E-state index in [4.69, 9.17) is 18.9 Å². The maximum atomic E-state index is 13.4. The first-order valence-electron chi connectivity index (χ1n) is 21.6. The lowest BCUT2D eigenvalue weighted by Gasteiger charge is -2.06. The van der Waals surface area contributed by atoms with Crippen LogP contribution in [0.25, 0.3) is 0 Å². The summed E-state index contributed by atoms with van der Waals surface area (Å²) in [6, 6.07) is 13.7. The Hall–Kier alpha value is -8.10. The maximum Gasteiger partial charge on any atom is 0.345 e. The van der Waals surface area contributed by atoms with E-state index >= 15 is 0 Å². The summed E-state index contributed by atoms with van der Waals surface area (Å²) < 4.78 is 162. The van der Waals surface area contributed by atoms with Crippen LogP contribution in [0.5, 0.6) is 11.5 Å². The number of carbonyl (C=O) groups is 4. The fourth-order valence-electron chi connectivity index (χ4n) is 5.42.